The van der Waals surface area contributed by atoms with Crippen LogP contribution in [-0.2, 0) is 11.3 Å². The molecule has 84 valence electrons. The Morgan fingerprint density at radius 1 is 1.60 bits per heavy atom. The zero-order valence-electron chi connectivity index (χ0n) is 9.45. The number of aromatic nitrogens is 2. The summed E-state index contributed by atoms with van der Waals surface area (Å²) in [5, 5.41) is 9.88. The molecule has 0 radical (unpaired) electrons. The topological polar surface area (TPSA) is 59.0 Å². The lowest BCUT2D eigenvalue weighted by Crippen LogP contribution is -2.32. The van der Waals surface area contributed by atoms with E-state index in [4.69, 9.17) is 0 Å². The van der Waals surface area contributed by atoms with Crippen molar-refractivity contribution in [2.24, 2.45) is 0 Å². The molecule has 0 aliphatic rings. The molecule has 1 aromatic rings. The Hall–Kier alpha value is -1.36. The fraction of sp³-hybridized carbons (Fsp3) is 0.600. The highest BCUT2D eigenvalue weighted by atomic mass is 16.1. The van der Waals surface area contributed by atoms with E-state index in [1.165, 1.54) is 0 Å². The van der Waals surface area contributed by atoms with E-state index in [9.17, 15) is 4.79 Å². The predicted molar refractivity (Wildman–Crippen MR) is 59.7 cm³/mol. The summed E-state index contributed by atoms with van der Waals surface area (Å²) < 4.78 is 1.77. The Balaban J connectivity index is 2.37. The molecule has 0 unspecified atom stereocenters. The van der Waals surface area contributed by atoms with Crippen molar-refractivity contribution < 1.29 is 4.79 Å². The van der Waals surface area contributed by atoms with E-state index in [1.54, 1.807) is 10.9 Å². The molecule has 0 saturated heterocycles. The van der Waals surface area contributed by atoms with Crippen LogP contribution in [0.5, 0.6) is 0 Å². The van der Waals surface area contributed by atoms with Gasteiger partial charge in [-0.05, 0) is 6.92 Å². The van der Waals surface area contributed by atoms with Crippen LogP contribution in [0.4, 0.5) is 5.69 Å². The van der Waals surface area contributed by atoms with E-state index in [-0.39, 0.29) is 5.91 Å². The van der Waals surface area contributed by atoms with Gasteiger partial charge in [-0.25, -0.2) is 0 Å². The second-order valence-corrected chi connectivity index (χ2v) is 3.67. The summed E-state index contributed by atoms with van der Waals surface area (Å²) in [4.78, 5) is 11.4. The maximum Gasteiger partial charge on any atom is 0.238 e. The van der Waals surface area contributed by atoms with E-state index in [0.29, 0.717) is 12.6 Å². The van der Waals surface area contributed by atoms with Crippen LogP contribution in [0.15, 0.2) is 12.4 Å². The van der Waals surface area contributed by atoms with Crippen LogP contribution in [0.1, 0.15) is 20.8 Å². The van der Waals surface area contributed by atoms with Crippen molar-refractivity contribution in [1.29, 1.82) is 0 Å². The molecule has 0 aliphatic carbocycles. The minimum absolute atomic E-state index is 0.0423. The van der Waals surface area contributed by atoms with Crippen LogP contribution in [-0.4, -0.2) is 28.3 Å². The Morgan fingerprint density at radius 3 is 2.87 bits per heavy atom. The summed E-state index contributed by atoms with van der Waals surface area (Å²) in [5.41, 5.74) is 0.743. The van der Waals surface area contributed by atoms with Gasteiger partial charge in [0.2, 0.25) is 5.91 Å². The molecular weight excluding hydrogens is 192 g/mol. The normalized spacial score (nSPS) is 10.7. The first-order chi connectivity index (χ1) is 7.11. The van der Waals surface area contributed by atoms with Gasteiger partial charge in [0.05, 0.1) is 18.4 Å². The zero-order chi connectivity index (χ0) is 11.3. The van der Waals surface area contributed by atoms with Gasteiger partial charge in [0.25, 0.3) is 0 Å². The van der Waals surface area contributed by atoms with Gasteiger partial charge in [0.15, 0.2) is 0 Å². The monoisotopic (exact) mass is 210 g/mol. The lowest BCUT2D eigenvalue weighted by Gasteiger charge is -2.07. The molecule has 1 amide bonds. The van der Waals surface area contributed by atoms with Crippen molar-refractivity contribution >= 4 is 11.6 Å². The first kappa shape index (κ1) is 11.7. The fourth-order valence-corrected chi connectivity index (χ4v) is 1.10. The number of carbonyl (C=O) groups excluding carboxylic acids is 1. The molecule has 0 fully saturated rings. The molecule has 1 heterocycles. The summed E-state index contributed by atoms with van der Waals surface area (Å²) >= 11 is 0. The quantitative estimate of drug-likeness (QED) is 0.757. The Bertz CT molecular complexity index is 319. The molecule has 0 atom stereocenters. The highest BCUT2D eigenvalue weighted by Crippen LogP contribution is 2.03. The second kappa shape index (κ2) is 5.50. The molecule has 2 N–H and O–H groups in total. The number of rotatable bonds is 5. The van der Waals surface area contributed by atoms with Gasteiger partial charge in [0, 0.05) is 18.8 Å². The second-order valence-electron chi connectivity index (χ2n) is 3.67. The van der Waals surface area contributed by atoms with Gasteiger partial charge in [-0.1, -0.05) is 13.8 Å². The number of nitrogens with one attached hydrogen (secondary N) is 2. The molecule has 0 spiro atoms. The molecule has 5 nitrogen and oxygen atoms in total. The van der Waals surface area contributed by atoms with Gasteiger partial charge >= 0.3 is 0 Å². The summed E-state index contributed by atoms with van der Waals surface area (Å²) in [6, 6.07) is 0.314. The highest BCUT2D eigenvalue weighted by molar-refractivity contribution is 5.91. The number of aryl methyl sites for hydroxylation is 1. The number of amides is 1. The summed E-state index contributed by atoms with van der Waals surface area (Å²) in [6.07, 6.45) is 3.46. The fourth-order valence-electron chi connectivity index (χ4n) is 1.10. The van der Waals surface area contributed by atoms with E-state index in [0.717, 1.165) is 12.2 Å². The highest BCUT2D eigenvalue weighted by Gasteiger charge is 2.04. The average Bonchev–Trinajstić information content (AvgIpc) is 2.62. The minimum Gasteiger partial charge on any atom is -0.322 e. The third-order valence-electron chi connectivity index (χ3n) is 1.91. The SMILES string of the molecule is CCn1cc(NC(=O)CNC(C)C)cn1. The van der Waals surface area contributed by atoms with Crippen LogP contribution >= 0.6 is 0 Å². The van der Waals surface area contributed by atoms with Crippen LogP contribution in [0.25, 0.3) is 0 Å². The number of nitrogens with zero attached hydrogens (tertiary/aromatic N) is 2. The van der Waals surface area contributed by atoms with Crippen molar-refractivity contribution in [2.75, 3.05) is 11.9 Å². The predicted octanol–water partition coefficient (Wildman–Crippen LogP) is 0.839. The van der Waals surface area contributed by atoms with Crippen molar-refractivity contribution in [2.45, 2.75) is 33.4 Å². The molecule has 0 bridgehead atoms. The van der Waals surface area contributed by atoms with Gasteiger partial charge in [0.1, 0.15) is 0 Å². The first-order valence-electron chi connectivity index (χ1n) is 5.17. The third kappa shape index (κ3) is 4.12. The maximum atomic E-state index is 11.4. The molecule has 0 saturated carbocycles. The van der Waals surface area contributed by atoms with Crippen molar-refractivity contribution in [3.63, 3.8) is 0 Å². The van der Waals surface area contributed by atoms with Crippen LogP contribution in [0, 0.1) is 0 Å². The third-order valence-corrected chi connectivity index (χ3v) is 1.91. The van der Waals surface area contributed by atoms with Crippen molar-refractivity contribution in [1.82, 2.24) is 15.1 Å². The van der Waals surface area contributed by atoms with Crippen molar-refractivity contribution in [3.8, 4) is 0 Å². The van der Waals surface area contributed by atoms with Gasteiger partial charge in [-0.2, -0.15) is 5.10 Å². The van der Waals surface area contributed by atoms with Crippen LogP contribution in [0.2, 0.25) is 0 Å². The summed E-state index contributed by atoms with van der Waals surface area (Å²) in [6.45, 7) is 7.14. The Kier molecular flexibility index (Phi) is 4.30. The summed E-state index contributed by atoms with van der Waals surface area (Å²) in [7, 11) is 0. The molecule has 0 aromatic carbocycles. The molecule has 15 heavy (non-hydrogen) atoms. The first-order valence-corrected chi connectivity index (χ1v) is 5.17. The lowest BCUT2D eigenvalue weighted by molar-refractivity contribution is -0.115. The van der Waals surface area contributed by atoms with Gasteiger partial charge in [-0.3, -0.25) is 9.48 Å². The van der Waals surface area contributed by atoms with E-state index >= 15 is 0 Å². The van der Waals surface area contributed by atoms with Gasteiger partial charge < -0.3 is 10.6 Å². The number of hydrogen-bond donors (Lipinski definition) is 2. The number of carbonyl (C=O) groups is 1. The van der Waals surface area contributed by atoms with Crippen molar-refractivity contribution in [3.05, 3.63) is 12.4 Å². The Morgan fingerprint density at radius 2 is 2.33 bits per heavy atom. The molecular formula is C10H18N4O. The minimum atomic E-state index is -0.0423. The average molecular weight is 210 g/mol. The molecule has 0 aliphatic heterocycles. The van der Waals surface area contributed by atoms with E-state index in [2.05, 4.69) is 15.7 Å². The van der Waals surface area contributed by atoms with Gasteiger partial charge in [-0.15, -0.1) is 0 Å². The number of hydrogen-bond acceptors (Lipinski definition) is 3. The van der Waals surface area contributed by atoms with E-state index in [1.807, 2.05) is 27.0 Å². The van der Waals surface area contributed by atoms with Crippen LogP contribution in [0.3, 0.4) is 0 Å². The molecule has 1 rings (SSSR count). The zero-order valence-corrected chi connectivity index (χ0v) is 9.45. The molecule has 5 heteroatoms. The smallest absolute Gasteiger partial charge is 0.238 e. The largest absolute Gasteiger partial charge is 0.322 e. The van der Waals surface area contributed by atoms with Crippen LogP contribution < -0.4 is 10.6 Å². The maximum absolute atomic E-state index is 11.4. The number of anilines is 1. The standard InChI is InChI=1S/C10H18N4O/c1-4-14-7-9(5-12-14)13-10(15)6-11-8(2)3/h5,7-8,11H,4,6H2,1-3H3,(H,13,15). The Labute approximate surface area is 89.9 Å². The summed E-state index contributed by atoms with van der Waals surface area (Å²) in [5.74, 6) is -0.0423. The molecule has 1 aromatic heterocycles. The lowest BCUT2D eigenvalue weighted by atomic mass is 10.4. The van der Waals surface area contributed by atoms with E-state index < -0.39 is 0 Å².